The van der Waals surface area contributed by atoms with Crippen molar-refractivity contribution >= 4 is 5.91 Å². The predicted octanol–water partition coefficient (Wildman–Crippen LogP) is 2.43. The summed E-state index contributed by atoms with van der Waals surface area (Å²) in [7, 11) is 0. The molecule has 0 bridgehead atoms. The van der Waals surface area contributed by atoms with Gasteiger partial charge >= 0.3 is 6.36 Å². The topological polar surface area (TPSA) is 60.0 Å². The molecule has 0 aliphatic carbocycles. The Hall–Kier alpha value is -1.84. The van der Waals surface area contributed by atoms with Gasteiger partial charge in [-0.3, -0.25) is 9.69 Å². The summed E-state index contributed by atoms with van der Waals surface area (Å²) in [5, 5.41) is 2.67. The Morgan fingerprint density at radius 1 is 1.22 bits per heavy atom. The molecule has 0 radical (unpaired) electrons. The van der Waals surface area contributed by atoms with Gasteiger partial charge in [-0.1, -0.05) is 24.6 Å². The molecule has 6 nitrogen and oxygen atoms in total. The Morgan fingerprint density at radius 2 is 1.96 bits per heavy atom. The average molecular weight is 388 g/mol. The Labute approximate surface area is 155 Å². The lowest BCUT2D eigenvalue weighted by Crippen LogP contribution is -2.50. The summed E-state index contributed by atoms with van der Waals surface area (Å²) in [4.78, 5) is 14.4. The molecule has 2 aliphatic rings. The van der Waals surface area contributed by atoms with Gasteiger partial charge in [-0.05, 0) is 25.5 Å². The van der Waals surface area contributed by atoms with Crippen LogP contribution < -0.4 is 10.1 Å². The first-order valence-corrected chi connectivity index (χ1v) is 9.00. The van der Waals surface area contributed by atoms with E-state index in [1.165, 1.54) is 18.2 Å². The number of alkyl halides is 3. The van der Waals surface area contributed by atoms with Gasteiger partial charge in [0.25, 0.3) is 0 Å². The number of ether oxygens (including phenoxy) is 3. The fourth-order valence-electron chi connectivity index (χ4n) is 3.43. The monoisotopic (exact) mass is 388 g/mol. The molecule has 2 aliphatic heterocycles. The fourth-order valence-corrected chi connectivity index (χ4v) is 3.43. The molecule has 1 unspecified atom stereocenters. The first kappa shape index (κ1) is 19.9. The second kappa shape index (κ2) is 8.90. The fraction of sp³-hybridized carbons (Fsp3) is 0.611. The van der Waals surface area contributed by atoms with Crippen LogP contribution in [0.25, 0.3) is 0 Å². The van der Waals surface area contributed by atoms with Gasteiger partial charge < -0.3 is 19.5 Å². The summed E-state index contributed by atoms with van der Waals surface area (Å²) in [5.74, 6) is -0.574. The summed E-state index contributed by atoms with van der Waals surface area (Å²) in [6.07, 6.45) is -2.17. The van der Waals surface area contributed by atoms with Crippen LogP contribution in [0.3, 0.4) is 0 Å². The Morgan fingerprint density at radius 3 is 2.70 bits per heavy atom. The van der Waals surface area contributed by atoms with Crippen LogP contribution in [0.15, 0.2) is 24.3 Å². The summed E-state index contributed by atoms with van der Waals surface area (Å²) in [6.45, 7) is 1.97. The van der Waals surface area contributed by atoms with E-state index in [4.69, 9.17) is 9.47 Å². The Balaban J connectivity index is 1.55. The van der Waals surface area contributed by atoms with Crippen molar-refractivity contribution in [3.63, 3.8) is 0 Å². The summed E-state index contributed by atoms with van der Waals surface area (Å²) < 4.78 is 52.6. The molecule has 150 valence electrons. The van der Waals surface area contributed by atoms with Gasteiger partial charge in [-0.25, -0.2) is 0 Å². The summed E-state index contributed by atoms with van der Waals surface area (Å²) >= 11 is 0. The van der Waals surface area contributed by atoms with Crippen LogP contribution in [-0.2, 0) is 20.8 Å². The molecule has 0 spiro atoms. The number of nitrogens with one attached hydrogen (secondary N) is 1. The minimum atomic E-state index is -4.78. The molecule has 1 N–H and O–H groups in total. The van der Waals surface area contributed by atoms with E-state index >= 15 is 0 Å². The van der Waals surface area contributed by atoms with Crippen LogP contribution in [0.1, 0.15) is 24.8 Å². The van der Waals surface area contributed by atoms with Crippen LogP contribution in [-0.4, -0.2) is 55.8 Å². The number of nitrogens with zero attached hydrogens (tertiary/aromatic N) is 1. The van der Waals surface area contributed by atoms with Crippen LogP contribution in [0.5, 0.6) is 5.75 Å². The lowest BCUT2D eigenvalue weighted by molar-refractivity contribution is -0.274. The second-order valence-corrected chi connectivity index (χ2v) is 6.58. The van der Waals surface area contributed by atoms with Gasteiger partial charge in [0.15, 0.2) is 6.29 Å². The van der Waals surface area contributed by atoms with E-state index in [2.05, 4.69) is 10.1 Å². The van der Waals surface area contributed by atoms with Crippen LogP contribution in [0, 0.1) is 0 Å². The molecule has 27 heavy (non-hydrogen) atoms. The molecule has 2 heterocycles. The van der Waals surface area contributed by atoms with Crippen molar-refractivity contribution in [2.75, 3.05) is 26.3 Å². The number of amides is 1. The van der Waals surface area contributed by atoms with E-state index in [0.29, 0.717) is 13.2 Å². The third kappa shape index (κ3) is 5.82. The second-order valence-electron chi connectivity index (χ2n) is 6.58. The molecule has 9 heteroatoms. The van der Waals surface area contributed by atoms with Crippen molar-refractivity contribution in [1.82, 2.24) is 10.2 Å². The molecule has 2 fully saturated rings. The van der Waals surface area contributed by atoms with Gasteiger partial charge in [0.2, 0.25) is 5.91 Å². The molecule has 2 saturated heterocycles. The number of halogens is 3. The number of para-hydroxylation sites is 1. The van der Waals surface area contributed by atoms with Crippen LogP contribution >= 0.6 is 0 Å². The van der Waals surface area contributed by atoms with E-state index < -0.39 is 6.36 Å². The van der Waals surface area contributed by atoms with Crippen molar-refractivity contribution in [2.45, 2.75) is 44.5 Å². The minimum Gasteiger partial charge on any atom is -0.405 e. The van der Waals surface area contributed by atoms with E-state index in [9.17, 15) is 18.0 Å². The molecule has 0 aromatic heterocycles. The van der Waals surface area contributed by atoms with E-state index in [1.54, 1.807) is 6.07 Å². The normalized spacial score (nSPS) is 22.0. The zero-order valence-electron chi connectivity index (χ0n) is 14.8. The maximum absolute atomic E-state index is 12.5. The third-order valence-corrected chi connectivity index (χ3v) is 4.65. The van der Waals surface area contributed by atoms with E-state index in [0.717, 1.165) is 25.8 Å². The molecular weight excluding hydrogens is 365 g/mol. The number of hydrogen-bond donors (Lipinski definition) is 1. The van der Waals surface area contributed by atoms with Crippen molar-refractivity contribution in [3.05, 3.63) is 29.8 Å². The van der Waals surface area contributed by atoms with Gasteiger partial charge in [-0.2, -0.15) is 0 Å². The largest absolute Gasteiger partial charge is 0.573 e. The van der Waals surface area contributed by atoms with Gasteiger partial charge in [0.05, 0.1) is 25.8 Å². The highest BCUT2D eigenvalue weighted by atomic mass is 19.4. The number of rotatable bonds is 6. The van der Waals surface area contributed by atoms with Crippen molar-refractivity contribution in [2.24, 2.45) is 0 Å². The molecular formula is C18H23F3N2O4. The molecule has 3 rings (SSSR count). The molecule has 1 atom stereocenters. The van der Waals surface area contributed by atoms with Crippen LogP contribution in [0.4, 0.5) is 13.2 Å². The zero-order chi connectivity index (χ0) is 19.3. The minimum absolute atomic E-state index is 0.0212. The van der Waals surface area contributed by atoms with Crippen LogP contribution in [0.2, 0.25) is 0 Å². The average Bonchev–Trinajstić information content (AvgIpc) is 3.14. The number of hydrogen-bond acceptors (Lipinski definition) is 5. The quantitative estimate of drug-likeness (QED) is 0.811. The predicted molar refractivity (Wildman–Crippen MR) is 89.9 cm³/mol. The standard InChI is InChI=1S/C18H23F3N2O4/c19-18(20,21)27-15-7-2-1-5-13(15)11-22-16(24)12-23-8-4-3-6-14(23)17-25-9-10-26-17/h1-2,5,7,14,17H,3-4,6,8-12H2,(H,22,24). The Bertz CT molecular complexity index is 635. The van der Waals surface area contributed by atoms with E-state index in [-0.39, 0.29) is 42.6 Å². The molecule has 1 aromatic carbocycles. The first-order valence-electron chi connectivity index (χ1n) is 9.00. The van der Waals surface area contributed by atoms with Gasteiger partial charge in [0.1, 0.15) is 5.75 Å². The number of carbonyl (C=O) groups is 1. The van der Waals surface area contributed by atoms with Crippen molar-refractivity contribution in [1.29, 1.82) is 0 Å². The smallest absolute Gasteiger partial charge is 0.405 e. The molecule has 0 saturated carbocycles. The highest BCUT2D eigenvalue weighted by Gasteiger charge is 2.35. The van der Waals surface area contributed by atoms with Gasteiger partial charge in [0, 0.05) is 12.1 Å². The maximum Gasteiger partial charge on any atom is 0.573 e. The van der Waals surface area contributed by atoms with E-state index in [1.807, 2.05) is 4.90 Å². The van der Waals surface area contributed by atoms with Crippen molar-refractivity contribution < 1.29 is 32.2 Å². The maximum atomic E-state index is 12.5. The highest BCUT2D eigenvalue weighted by Crippen LogP contribution is 2.26. The first-order chi connectivity index (χ1) is 12.9. The number of piperidine rings is 1. The SMILES string of the molecule is O=C(CN1CCCCC1C1OCCO1)NCc1ccccc1OC(F)(F)F. The highest BCUT2D eigenvalue weighted by molar-refractivity contribution is 5.78. The lowest BCUT2D eigenvalue weighted by Gasteiger charge is -2.37. The zero-order valence-corrected chi connectivity index (χ0v) is 14.8. The third-order valence-electron chi connectivity index (χ3n) is 4.65. The number of likely N-dealkylation sites (tertiary alicyclic amines) is 1. The Kier molecular flexibility index (Phi) is 6.56. The number of benzene rings is 1. The summed E-state index contributed by atoms with van der Waals surface area (Å²) in [5.41, 5.74) is 0.265. The van der Waals surface area contributed by atoms with Gasteiger partial charge in [-0.15, -0.1) is 13.2 Å². The molecule has 1 aromatic rings. The van der Waals surface area contributed by atoms with Crippen molar-refractivity contribution in [3.8, 4) is 5.75 Å². The molecule has 1 amide bonds. The summed E-state index contributed by atoms with van der Waals surface area (Å²) in [6, 6.07) is 5.79. The number of carbonyl (C=O) groups excluding carboxylic acids is 1. The lowest BCUT2D eigenvalue weighted by atomic mass is 10.0.